The highest BCUT2D eigenvalue weighted by atomic mass is 32.2. The molecule has 0 heterocycles. The van der Waals surface area contributed by atoms with Gasteiger partial charge in [-0.25, -0.2) is 0 Å². The van der Waals surface area contributed by atoms with Gasteiger partial charge in [-0.1, -0.05) is 48.5 Å². The Bertz CT molecular complexity index is 714. The predicted octanol–water partition coefficient (Wildman–Crippen LogP) is 1.92. The zero-order valence-electron chi connectivity index (χ0n) is 11.8. The SMILES string of the molecule is O=C(N[C@@H](Cc1ccccc1)CS(=O)(=O)O)c1ccccc1. The molecule has 22 heavy (non-hydrogen) atoms. The molecule has 1 atom stereocenters. The van der Waals surface area contributed by atoms with Crippen molar-refractivity contribution >= 4 is 16.0 Å². The molecule has 2 aromatic rings. The van der Waals surface area contributed by atoms with Crippen LogP contribution in [0, 0.1) is 0 Å². The fraction of sp³-hybridized carbons (Fsp3) is 0.188. The van der Waals surface area contributed by atoms with Crippen LogP contribution >= 0.6 is 0 Å². The van der Waals surface area contributed by atoms with Crippen molar-refractivity contribution in [2.45, 2.75) is 12.5 Å². The summed E-state index contributed by atoms with van der Waals surface area (Å²) in [5.41, 5.74) is 1.32. The Hall–Kier alpha value is -2.18. The third-order valence-corrected chi connectivity index (χ3v) is 3.93. The smallest absolute Gasteiger partial charge is 0.266 e. The largest absolute Gasteiger partial charge is 0.348 e. The third kappa shape index (κ3) is 5.31. The summed E-state index contributed by atoms with van der Waals surface area (Å²) in [6.45, 7) is 0. The number of nitrogens with one attached hydrogen (secondary N) is 1. The number of carbonyl (C=O) groups is 1. The second-order valence-electron chi connectivity index (χ2n) is 4.97. The van der Waals surface area contributed by atoms with Crippen molar-refractivity contribution in [2.24, 2.45) is 0 Å². The normalized spacial score (nSPS) is 12.6. The summed E-state index contributed by atoms with van der Waals surface area (Å²) in [6, 6.07) is 17.0. The van der Waals surface area contributed by atoms with Crippen LogP contribution in [0.15, 0.2) is 60.7 Å². The van der Waals surface area contributed by atoms with Crippen molar-refractivity contribution in [1.82, 2.24) is 5.32 Å². The van der Waals surface area contributed by atoms with Gasteiger partial charge in [0.1, 0.15) is 0 Å². The Kier molecular flexibility index (Phi) is 5.30. The highest BCUT2D eigenvalue weighted by Gasteiger charge is 2.20. The lowest BCUT2D eigenvalue weighted by molar-refractivity contribution is 0.0940. The minimum atomic E-state index is -4.19. The molecule has 0 aliphatic rings. The molecule has 0 aromatic heterocycles. The van der Waals surface area contributed by atoms with Gasteiger partial charge < -0.3 is 5.32 Å². The highest BCUT2D eigenvalue weighted by molar-refractivity contribution is 7.85. The first-order chi connectivity index (χ1) is 10.4. The summed E-state index contributed by atoms with van der Waals surface area (Å²) in [7, 11) is -4.19. The van der Waals surface area contributed by atoms with E-state index in [1.54, 1.807) is 30.3 Å². The minimum Gasteiger partial charge on any atom is -0.348 e. The third-order valence-electron chi connectivity index (χ3n) is 3.11. The van der Waals surface area contributed by atoms with E-state index in [2.05, 4.69) is 5.32 Å². The molecule has 0 fully saturated rings. The Morgan fingerprint density at radius 1 is 1.00 bits per heavy atom. The van der Waals surface area contributed by atoms with E-state index in [0.717, 1.165) is 5.56 Å². The van der Waals surface area contributed by atoms with Gasteiger partial charge in [0.2, 0.25) is 0 Å². The average molecular weight is 319 g/mol. The van der Waals surface area contributed by atoms with E-state index in [1.165, 1.54) is 0 Å². The van der Waals surface area contributed by atoms with Crippen LogP contribution < -0.4 is 5.32 Å². The second kappa shape index (κ2) is 7.20. The van der Waals surface area contributed by atoms with Crippen molar-refractivity contribution in [3.05, 3.63) is 71.8 Å². The van der Waals surface area contributed by atoms with Crippen LogP contribution in [0.5, 0.6) is 0 Å². The lowest BCUT2D eigenvalue weighted by atomic mass is 10.1. The molecule has 0 saturated heterocycles. The Morgan fingerprint density at radius 2 is 1.55 bits per heavy atom. The molecule has 2 rings (SSSR count). The van der Waals surface area contributed by atoms with Gasteiger partial charge in [0.25, 0.3) is 16.0 Å². The summed E-state index contributed by atoms with van der Waals surface area (Å²) in [5, 5.41) is 2.66. The molecular formula is C16H17NO4S. The summed E-state index contributed by atoms with van der Waals surface area (Å²) in [4.78, 5) is 12.1. The Morgan fingerprint density at radius 3 is 2.09 bits per heavy atom. The lowest BCUT2D eigenvalue weighted by Crippen LogP contribution is -2.41. The first kappa shape index (κ1) is 16.2. The standard InChI is InChI=1S/C16H17NO4S/c18-16(14-9-5-2-6-10-14)17-15(12-22(19,20)21)11-13-7-3-1-4-8-13/h1-10,15H,11-12H2,(H,17,18)(H,19,20,21)/t15-/m0/s1. The summed E-state index contributed by atoms with van der Waals surface area (Å²) in [6.07, 6.45) is 0.319. The molecular weight excluding hydrogens is 302 g/mol. The van der Waals surface area contributed by atoms with Crippen molar-refractivity contribution in [3.8, 4) is 0 Å². The van der Waals surface area contributed by atoms with Crippen molar-refractivity contribution in [3.63, 3.8) is 0 Å². The second-order valence-corrected chi connectivity index (χ2v) is 6.47. The molecule has 1 amide bonds. The molecule has 6 heteroatoms. The Labute approximate surface area is 129 Å². The van der Waals surface area contributed by atoms with Gasteiger partial charge in [0.15, 0.2) is 0 Å². The molecule has 0 unspecified atom stereocenters. The predicted molar refractivity (Wildman–Crippen MR) is 84.3 cm³/mol. The fourth-order valence-corrected chi connectivity index (χ4v) is 2.87. The molecule has 116 valence electrons. The quantitative estimate of drug-likeness (QED) is 0.797. The van der Waals surface area contributed by atoms with Gasteiger partial charge in [0, 0.05) is 11.6 Å². The molecule has 2 N–H and O–H groups in total. The zero-order valence-corrected chi connectivity index (χ0v) is 12.7. The van der Waals surface area contributed by atoms with E-state index in [-0.39, 0.29) is 5.91 Å². The molecule has 2 aromatic carbocycles. The summed E-state index contributed by atoms with van der Waals surface area (Å²) in [5.74, 6) is -0.898. The number of hydrogen-bond donors (Lipinski definition) is 2. The maximum Gasteiger partial charge on any atom is 0.266 e. The van der Waals surface area contributed by atoms with Crippen molar-refractivity contribution in [1.29, 1.82) is 0 Å². The van der Waals surface area contributed by atoms with E-state index in [4.69, 9.17) is 4.55 Å². The number of hydrogen-bond acceptors (Lipinski definition) is 3. The molecule has 0 aliphatic heterocycles. The highest BCUT2D eigenvalue weighted by Crippen LogP contribution is 2.07. The lowest BCUT2D eigenvalue weighted by Gasteiger charge is -2.17. The minimum absolute atomic E-state index is 0.319. The van der Waals surface area contributed by atoms with Crippen LogP contribution in [0.1, 0.15) is 15.9 Å². The first-order valence-electron chi connectivity index (χ1n) is 6.79. The van der Waals surface area contributed by atoms with Crippen LogP contribution in [0.4, 0.5) is 0 Å². The van der Waals surface area contributed by atoms with Crippen LogP contribution in [-0.4, -0.2) is 30.7 Å². The number of amides is 1. The topological polar surface area (TPSA) is 83.5 Å². The average Bonchev–Trinajstić information content (AvgIpc) is 2.47. The molecule has 0 aliphatic carbocycles. The van der Waals surface area contributed by atoms with Crippen molar-refractivity contribution in [2.75, 3.05) is 5.75 Å². The van der Waals surface area contributed by atoms with E-state index >= 15 is 0 Å². The molecule has 0 saturated carbocycles. The fourth-order valence-electron chi connectivity index (χ4n) is 2.16. The van der Waals surface area contributed by atoms with E-state index < -0.39 is 21.9 Å². The number of rotatable bonds is 6. The van der Waals surface area contributed by atoms with Crippen LogP contribution in [0.25, 0.3) is 0 Å². The number of benzene rings is 2. The Balaban J connectivity index is 2.12. The maximum absolute atomic E-state index is 12.1. The van der Waals surface area contributed by atoms with Gasteiger partial charge in [-0.05, 0) is 24.1 Å². The van der Waals surface area contributed by atoms with Crippen molar-refractivity contribution < 1.29 is 17.8 Å². The zero-order chi connectivity index (χ0) is 16.0. The van der Waals surface area contributed by atoms with Gasteiger partial charge >= 0.3 is 0 Å². The van der Waals surface area contributed by atoms with E-state index in [1.807, 2.05) is 30.3 Å². The first-order valence-corrected chi connectivity index (χ1v) is 8.40. The van der Waals surface area contributed by atoms with E-state index in [9.17, 15) is 13.2 Å². The molecule has 5 nitrogen and oxygen atoms in total. The monoisotopic (exact) mass is 319 g/mol. The summed E-state index contributed by atoms with van der Waals surface area (Å²) >= 11 is 0. The van der Waals surface area contributed by atoms with Gasteiger partial charge in [0.05, 0.1) is 5.75 Å². The van der Waals surface area contributed by atoms with Crippen LogP contribution in [0.3, 0.4) is 0 Å². The van der Waals surface area contributed by atoms with Gasteiger partial charge in [-0.15, -0.1) is 0 Å². The van der Waals surface area contributed by atoms with Crippen LogP contribution in [-0.2, 0) is 16.5 Å². The number of carbonyl (C=O) groups excluding carboxylic acids is 1. The van der Waals surface area contributed by atoms with Gasteiger partial charge in [-0.2, -0.15) is 8.42 Å². The van der Waals surface area contributed by atoms with E-state index in [0.29, 0.717) is 12.0 Å². The van der Waals surface area contributed by atoms with Crippen LogP contribution in [0.2, 0.25) is 0 Å². The molecule has 0 bridgehead atoms. The molecule has 0 radical (unpaired) electrons. The van der Waals surface area contributed by atoms with Gasteiger partial charge in [-0.3, -0.25) is 9.35 Å². The maximum atomic E-state index is 12.1. The summed E-state index contributed by atoms with van der Waals surface area (Å²) < 4.78 is 31.4. The molecule has 0 spiro atoms.